The molecule has 0 spiro atoms. The van der Waals surface area contributed by atoms with E-state index in [9.17, 15) is 0 Å². The number of nitrogens with zero attached hydrogens (tertiary/aromatic N) is 1. The van der Waals surface area contributed by atoms with Crippen LogP contribution in [0.15, 0.2) is 18.3 Å². The SMILES string of the molecule is CC(C)c1ncccc1OC1CCCCC1. The van der Waals surface area contributed by atoms with Gasteiger partial charge in [0, 0.05) is 6.20 Å². The van der Waals surface area contributed by atoms with E-state index in [1.165, 1.54) is 32.1 Å². The van der Waals surface area contributed by atoms with E-state index in [2.05, 4.69) is 24.9 Å². The summed E-state index contributed by atoms with van der Waals surface area (Å²) in [6, 6.07) is 4.01. The van der Waals surface area contributed by atoms with Crippen molar-refractivity contribution < 1.29 is 4.74 Å². The maximum Gasteiger partial charge on any atom is 0.141 e. The zero-order chi connectivity index (χ0) is 11.4. The van der Waals surface area contributed by atoms with Crippen molar-refractivity contribution in [3.63, 3.8) is 0 Å². The molecule has 2 heteroatoms. The largest absolute Gasteiger partial charge is 0.489 e. The predicted molar refractivity (Wildman–Crippen MR) is 65.8 cm³/mol. The van der Waals surface area contributed by atoms with Gasteiger partial charge in [0.1, 0.15) is 5.75 Å². The second-order valence-corrected chi connectivity index (χ2v) is 4.92. The van der Waals surface area contributed by atoms with Crippen LogP contribution in [-0.4, -0.2) is 11.1 Å². The zero-order valence-electron chi connectivity index (χ0n) is 10.3. The minimum absolute atomic E-state index is 0.412. The van der Waals surface area contributed by atoms with Crippen LogP contribution in [0.3, 0.4) is 0 Å². The highest BCUT2D eigenvalue weighted by atomic mass is 16.5. The van der Waals surface area contributed by atoms with Gasteiger partial charge in [-0.05, 0) is 43.7 Å². The summed E-state index contributed by atoms with van der Waals surface area (Å²) in [5.74, 6) is 1.42. The average Bonchev–Trinajstić information content (AvgIpc) is 2.31. The maximum atomic E-state index is 6.09. The molecule has 2 nitrogen and oxygen atoms in total. The smallest absolute Gasteiger partial charge is 0.141 e. The molecule has 1 saturated carbocycles. The maximum absolute atomic E-state index is 6.09. The molecule has 0 N–H and O–H groups in total. The molecular formula is C14H21NO. The Morgan fingerprint density at radius 2 is 2.00 bits per heavy atom. The van der Waals surface area contributed by atoms with Crippen LogP contribution in [0, 0.1) is 0 Å². The van der Waals surface area contributed by atoms with Crippen molar-refractivity contribution in [2.24, 2.45) is 0 Å². The van der Waals surface area contributed by atoms with Crippen molar-refractivity contribution in [2.45, 2.75) is 58.0 Å². The Morgan fingerprint density at radius 1 is 1.25 bits per heavy atom. The van der Waals surface area contributed by atoms with Crippen molar-refractivity contribution in [2.75, 3.05) is 0 Å². The third-order valence-corrected chi connectivity index (χ3v) is 3.19. The van der Waals surface area contributed by atoms with Gasteiger partial charge < -0.3 is 4.74 Å². The first kappa shape index (κ1) is 11.4. The Kier molecular flexibility index (Phi) is 3.81. The summed E-state index contributed by atoms with van der Waals surface area (Å²) in [4.78, 5) is 4.42. The van der Waals surface area contributed by atoms with Crippen LogP contribution < -0.4 is 4.74 Å². The van der Waals surface area contributed by atoms with Crippen molar-refractivity contribution in [3.05, 3.63) is 24.0 Å². The Morgan fingerprint density at radius 3 is 2.69 bits per heavy atom. The Balaban J connectivity index is 2.07. The molecule has 1 aromatic rings. The van der Waals surface area contributed by atoms with Gasteiger partial charge in [-0.2, -0.15) is 0 Å². The molecule has 1 fully saturated rings. The quantitative estimate of drug-likeness (QED) is 0.768. The zero-order valence-corrected chi connectivity index (χ0v) is 10.3. The van der Waals surface area contributed by atoms with Gasteiger partial charge in [-0.3, -0.25) is 4.98 Å². The fourth-order valence-corrected chi connectivity index (χ4v) is 2.30. The Bertz CT molecular complexity index is 329. The lowest BCUT2D eigenvalue weighted by Gasteiger charge is -2.24. The van der Waals surface area contributed by atoms with Crippen LogP contribution in [0.25, 0.3) is 0 Å². The second-order valence-electron chi connectivity index (χ2n) is 4.92. The minimum atomic E-state index is 0.412. The van der Waals surface area contributed by atoms with E-state index in [0.29, 0.717) is 12.0 Å². The summed E-state index contributed by atoms with van der Waals surface area (Å²) in [6.45, 7) is 4.33. The van der Waals surface area contributed by atoms with Crippen LogP contribution in [0.5, 0.6) is 5.75 Å². The normalized spacial score (nSPS) is 17.7. The van der Waals surface area contributed by atoms with E-state index in [-0.39, 0.29) is 0 Å². The number of aromatic nitrogens is 1. The average molecular weight is 219 g/mol. The van der Waals surface area contributed by atoms with Gasteiger partial charge in [0.25, 0.3) is 0 Å². The van der Waals surface area contributed by atoms with E-state index in [4.69, 9.17) is 4.74 Å². The molecule has 88 valence electrons. The van der Waals surface area contributed by atoms with Gasteiger partial charge in [0.15, 0.2) is 0 Å². The predicted octanol–water partition coefficient (Wildman–Crippen LogP) is 3.92. The topological polar surface area (TPSA) is 22.1 Å². The molecule has 0 amide bonds. The van der Waals surface area contributed by atoms with Crippen LogP contribution in [0.4, 0.5) is 0 Å². The van der Waals surface area contributed by atoms with Crippen LogP contribution in [0.2, 0.25) is 0 Å². The molecule has 2 rings (SSSR count). The Hall–Kier alpha value is -1.05. The van der Waals surface area contributed by atoms with E-state index < -0.39 is 0 Å². The minimum Gasteiger partial charge on any atom is -0.489 e. The number of hydrogen-bond acceptors (Lipinski definition) is 2. The highest BCUT2D eigenvalue weighted by molar-refractivity contribution is 5.29. The van der Waals surface area contributed by atoms with Gasteiger partial charge in [0.2, 0.25) is 0 Å². The van der Waals surface area contributed by atoms with Gasteiger partial charge in [-0.25, -0.2) is 0 Å². The molecular weight excluding hydrogens is 198 g/mol. The monoisotopic (exact) mass is 219 g/mol. The lowest BCUT2D eigenvalue weighted by atomic mass is 9.97. The summed E-state index contributed by atoms with van der Waals surface area (Å²) < 4.78 is 6.09. The molecule has 16 heavy (non-hydrogen) atoms. The van der Waals surface area contributed by atoms with Crippen molar-refractivity contribution in [3.8, 4) is 5.75 Å². The molecule has 0 aromatic carbocycles. The van der Waals surface area contributed by atoms with Crippen LogP contribution >= 0.6 is 0 Å². The van der Waals surface area contributed by atoms with Gasteiger partial charge in [-0.15, -0.1) is 0 Å². The van der Waals surface area contributed by atoms with E-state index in [1.807, 2.05) is 12.3 Å². The lowest BCUT2D eigenvalue weighted by Crippen LogP contribution is -2.20. The van der Waals surface area contributed by atoms with Crippen LogP contribution in [-0.2, 0) is 0 Å². The fraction of sp³-hybridized carbons (Fsp3) is 0.643. The number of pyridine rings is 1. The summed E-state index contributed by atoms with van der Waals surface area (Å²) in [5.41, 5.74) is 1.09. The summed E-state index contributed by atoms with van der Waals surface area (Å²) in [5, 5.41) is 0. The van der Waals surface area contributed by atoms with E-state index in [0.717, 1.165) is 11.4 Å². The van der Waals surface area contributed by atoms with E-state index in [1.54, 1.807) is 0 Å². The van der Waals surface area contributed by atoms with Gasteiger partial charge in [-0.1, -0.05) is 20.3 Å². The molecule has 0 atom stereocenters. The highest BCUT2D eigenvalue weighted by Crippen LogP contribution is 2.28. The van der Waals surface area contributed by atoms with Crippen molar-refractivity contribution in [1.29, 1.82) is 0 Å². The van der Waals surface area contributed by atoms with E-state index >= 15 is 0 Å². The molecule has 1 aliphatic carbocycles. The number of hydrogen-bond donors (Lipinski definition) is 0. The molecule has 0 saturated heterocycles. The number of ether oxygens (including phenoxy) is 1. The first-order chi connectivity index (χ1) is 7.77. The van der Waals surface area contributed by atoms with Gasteiger partial charge >= 0.3 is 0 Å². The molecule has 1 aliphatic rings. The first-order valence-corrected chi connectivity index (χ1v) is 6.39. The standard InChI is InChI=1S/C14H21NO/c1-11(2)14-13(9-6-10-15-14)16-12-7-4-3-5-8-12/h6,9-12H,3-5,7-8H2,1-2H3. The molecule has 0 radical (unpaired) electrons. The van der Waals surface area contributed by atoms with Gasteiger partial charge in [0.05, 0.1) is 11.8 Å². The second kappa shape index (κ2) is 5.33. The Labute approximate surface area is 98.0 Å². The summed E-state index contributed by atoms with van der Waals surface area (Å²) in [7, 11) is 0. The van der Waals surface area contributed by atoms with Crippen molar-refractivity contribution >= 4 is 0 Å². The van der Waals surface area contributed by atoms with Crippen molar-refractivity contribution in [1.82, 2.24) is 4.98 Å². The highest BCUT2D eigenvalue weighted by Gasteiger charge is 2.17. The summed E-state index contributed by atoms with van der Waals surface area (Å²) >= 11 is 0. The molecule has 0 unspecified atom stereocenters. The molecule has 1 aromatic heterocycles. The summed E-state index contributed by atoms with van der Waals surface area (Å²) in [6.07, 6.45) is 8.64. The lowest BCUT2D eigenvalue weighted by molar-refractivity contribution is 0.152. The molecule has 1 heterocycles. The first-order valence-electron chi connectivity index (χ1n) is 6.39. The third-order valence-electron chi connectivity index (χ3n) is 3.19. The number of rotatable bonds is 3. The van der Waals surface area contributed by atoms with Crippen LogP contribution in [0.1, 0.15) is 57.6 Å². The third kappa shape index (κ3) is 2.75. The fourth-order valence-electron chi connectivity index (χ4n) is 2.30. The molecule has 0 aliphatic heterocycles. The molecule has 0 bridgehead atoms.